The number of ether oxygens (including phenoxy) is 2. The van der Waals surface area contributed by atoms with E-state index in [1.807, 2.05) is 52.1 Å². The van der Waals surface area contributed by atoms with Crippen molar-refractivity contribution in [3.63, 3.8) is 0 Å². The molecule has 1 atom stereocenters. The van der Waals surface area contributed by atoms with E-state index in [0.29, 0.717) is 18.1 Å². The van der Waals surface area contributed by atoms with Crippen LogP contribution in [0.3, 0.4) is 0 Å². The number of fused-ring (bicyclic) bond motifs is 1. The monoisotopic (exact) mass is 405 g/mol. The van der Waals surface area contributed by atoms with Gasteiger partial charge in [-0.2, -0.15) is 0 Å². The lowest BCUT2D eigenvalue weighted by molar-refractivity contribution is -0.125. The molecule has 1 amide bonds. The Morgan fingerprint density at radius 3 is 2.71 bits per heavy atom. The first-order chi connectivity index (χ1) is 13.3. The van der Waals surface area contributed by atoms with Crippen LogP contribution in [0.1, 0.15) is 26.3 Å². The summed E-state index contributed by atoms with van der Waals surface area (Å²) in [5.74, 6) is 1.04. The fraction of sp³-hybridized carbons (Fsp3) is 0.450. The van der Waals surface area contributed by atoms with Gasteiger partial charge in [-0.05, 0) is 57.7 Å². The number of thioether (sulfide) groups is 1. The highest BCUT2D eigenvalue weighted by atomic mass is 32.2. The molecule has 0 saturated heterocycles. The van der Waals surface area contributed by atoms with Gasteiger partial charge in [0.15, 0.2) is 0 Å². The molecule has 0 spiro atoms. The van der Waals surface area contributed by atoms with Crippen LogP contribution in [0.2, 0.25) is 0 Å². The van der Waals surface area contributed by atoms with Crippen LogP contribution in [0.25, 0.3) is 10.9 Å². The third-order valence-electron chi connectivity index (χ3n) is 3.83. The van der Waals surface area contributed by atoms with Crippen LogP contribution in [-0.2, 0) is 9.63 Å². The summed E-state index contributed by atoms with van der Waals surface area (Å²) in [4.78, 5) is 21.8. The fourth-order valence-corrected chi connectivity index (χ4v) is 3.10. The molecule has 1 aromatic carbocycles. The number of nitrogens with zero attached hydrogens (tertiary/aromatic N) is 2. The molecule has 7 nitrogen and oxygen atoms in total. The lowest BCUT2D eigenvalue weighted by Gasteiger charge is -2.24. The second-order valence-corrected chi connectivity index (χ2v) is 7.63. The van der Waals surface area contributed by atoms with Gasteiger partial charge in [0.1, 0.15) is 18.6 Å². The Bertz CT molecular complexity index is 855. The summed E-state index contributed by atoms with van der Waals surface area (Å²) in [6.07, 6.45) is 5.06. The van der Waals surface area contributed by atoms with E-state index < -0.39 is 11.0 Å². The lowest BCUT2D eigenvalue weighted by atomic mass is 10.1. The molecule has 1 heterocycles. The Labute approximate surface area is 169 Å². The van der Waals surface area contributed by atoms with E-state index in [-0.39, 0.29) is 5.91 Å². The minimum absolute atomic E-state index is 0.251. The van der Waals surface area contributed by atoms with Crippen LogP contribution in [-0.4, -0.2) is 48.1 Å². The van der Waals surface area contributed by atoms with E-state index in [1.54, 1.807) is 6.20 Å². The Kier molecular flexibility index (Phi) is 7.51. The van der Waals surface area contributed by atoms with Crippen molar-refractivity contribution >= 4 is 34.8 Å². The number of benzene rings is 1. The summed E-state index contributed by atoms with van der Waals surface area (Å²) in [6, 6.07) is 5.67. The van der Waals surface area contributed by atoms with Crippen LogP contribution in [0.5, 0.6) is 11.5 Å². The number of oxime groups is 1. The molecule has 2 aromatic rings. The van der Waals surface area contributed by atoms with E-state index in [0.717, 1.165) is 16.5 Å². The van der Waals surface area contributed by atoms with Crippen molar-refractivity contribution in [2.24, 2.45) is 5.16 Å². The van der Waals surface area contributed by atoms with Gasteiger partial charge in [0, 0.05) is 5.39 Å². The van der Waals surface area contributed by atoms with E-state index >= 15 is 0 Å². The second-order valence-electron chi connectivity index (χ2n) is 6.73. The highest BCUT2D eigenvalue weighted by Gasteiger charge is 2.26. The molecular formula is C20H27N3O4S. The van der Waals surface area contributed by atoms with Crippen molar-refractivity contribution < 1.29 is 19.1 Å². The SMILES string of the molecule is CCOc1cnc2c(C)cc(OC(SC)C(=O)NC(C)(C)C=NOC)cc2c1. The first kappa shape index (κ1) is 21.8. The van der Waals surface area contributed by atoms with E-state index in [9.17, 15) is 4.79 Å². The normalized spacial score (nSPS) is 12.8. The summed E-state index contributed by atoms with van der Waals surface area (Å²) >= 11 is 1.31. The molecule has 152 valence electrons. The number of carbonyl (C=O) groups excluding carboxylic acids is 1. The van der Waals surface area contributed by atoms with Gasteiger partial charge in [0.05, 0.1) is 30.1 Å². The zero-order chi connectivity index (χ0) is 20.7. The topological polar surface area (TPSA) is 82.0 Å². The lowest BCUT2D eigenvalue weighted by Crippen LogP contribution is -2.49. The molecule has 1 N–H and O–H groups in total. The minimum Gasteiger partial charge on any atom is -0.492 e. The maximum Gasteiger partial charge on any atom is 0.272 e. The molecular weight excluding hydrogens is 378 g/mol. The summed E-state index contributed by atoms with van der Waals surface area (Å²) in [7, 11) is 1.45. The van der Waals surface area contributed by atoms with Crippen LogP contribution < -0.4 is 14.8 Å². The molecule has 0 saturated carbocycles. The number of rotatable bonds is 9. The fourth-order valence-electron chi connectivity index (χ4n) is 2.62. The van der Waals surface area contributed by atoms with Crippen LogP contribution in [0.4, 0.5) is 0 Å². The van der Waals surface area contributed by atoms with Gasteiger partial charge in [-0.1, -0.05) is 5.16 Å². The average Bonchev–Trinajstić information content (AvgIpc) is 2.64. The quantitative estimate of drug-likeness (QED) is 0.390. The predicted octanol–water partition coefficient (Wildman–Crippen LogP) is 3.54. The zero-order valence-corrected chi connectivity index (χ0v) is 17.9. The van der Waals surface area contributed by atoms with Gasteiger partial charge in [-0.25, -0.2) is 0 Å². The van der Waals surface area contributed by atoms with Crippen molar-refractivity contribution in [2.75, 3.05) is 20.0 Å². The van der Waals surface area contributed by atoms with Crippen molar-refractivity contribution in [1.29, 1.82) is 0 Å². The third kappa shape index (κ3) is 5.76. The van der Waals surface area contributed by atoms with Crippen LogP contribution >= 0.6 is 11.8 Å². The van der Waals surface area contributed by atoms with Gasteiger partial charge in [-0.3, -0.25) is 9.78 Å². The molecule has 1 unspecified atom stereocenters. The zero-order valence-electron chi connectivity index (χ0n) is 17.1. The number of hydrogen-bond acceptors (Lipinski definition) is 7. The number of amides is 1. The first-order valence-electron chi connectivity index (χ1n) is 8.92. The van der Waals surface area contributed by atoms with Crippen molar-refractivity contribution in [3.8, 4) is 11.5 Å². The highest BCUT2D eigenvalue weighted by Crippen LogP contribution is 2.28. The Morgan fingerprint density at radius 2 is 2.07 bits per heavy atom. The standard InChI is InChI=1S/C20H27N3O4S/c1-7-26-16-10-14-9-15(8-13(2)17(14)21-11-16)27-19(28-6)18(24)23-20(3,4)12-22-25-5/h8-12,19H,7H2,1-6H3,(H,23,24). The second kappa shape index (κ2) is 9.64. The van der Waals surface area contributed by atoms with E-state index in [1.165, 1.54) is 25.1 Å². The molecule has 1 aromatic heterocycles. The van der Waals surface area contributed by atoms with Crippen molar-refractivity contribution in [2.45, 2.75) is 38.7 Å². The van der Waals surface area contributed by atoms with Gasteiger partial charge in [0.2, 0.25) is 5.44 Å². The van der Waals surface area contributed by atoms with Gasteiger partial charge in [-0.15, -0.1) is 11.8 Å². The number of carbonyl (C=O) groups is 1. The Hall–Kier alpha value is -2.48. The molecule has 0 fully saturated rings. The first-order valence-corrected chi connectivity index (χ1v) is 10.2. The predicted molar refractivity (Wildman–Crippen MR) is 113 cm³/mol. The number of aromatic nitrogens is 1. The summed E-state index contributed by atoms with van der Waals surface area (Å²) in [5, 5.41) is 7.52. The van der Waals surface area contributed by atoms with E-state index in [2.05, 4.69) is 20.3 Å². The van der Waals surface area contributed by atoms with Crippen molar-refractivity contribution in [1.82, 2.24) is 10.3 Å². The van der Waals surface area contributed by atoms with Crippen molar-refractivity contribution in [3.05, 3.63) is 30.0 Å². The number of hydrogen-bond donors (Lipinski definition) is 1. The Balaban J connectivity index is 2.22. The molecule has 0 aliphatic heterocycles. The highest BCUT2D eigenvalue weighted by molar-refractivity contribution is 7.99. The molecule has 0 bridgehead atoms. The molecule has 2 rings (SSSR count). The molecule has 28 heavy (non-hydrogen) atoms. The average molecular weight is 406 g/mol. The third-order valence-corrected chi connectivity index (χ3v) is 4.57. The van der Waals surface area contributed by atoms with Gasteiger partial charge >= 0.3 is 0 Å². The molecule has 0 radical (unpaired) electrons. The minimum atomic E-state index is -0.713. The van der Waals surface area contributed by atoms with Gasteiger partial charge < -0.3 is 19.6 Å². The molecule has 8 heteroatoms. The molecule has 0 aliphatic carbocycles. The molecule has 0 aliphatic rings. The number of pyridine rings is 1. The number of nitrogens with one attached hydrogen (secondary N) is 1. The van der Waals surface area contributed by atoms with E-state index in [4.69, 9.17) is 9.47 Å². The Morgan fingerprint density at radius 1 is 1.36 bits per heavy atom. The van der Waals surface area contributed by atoms with Crippen LogP contribution in [0, 0.1) is 6.92 Å². The summed E-state index contributed by atoms with van der Waals surface area (Å²) in [5.41, 5.74) is 0.455. The summed E-state index contributed by atoms with van der Waals surface area (Å²) in [6.45, 7) is 8.10. The number of aryl methyl sites for hydroxylation is 1. The van der Waals surface area contributed by atoms with Crippen LogP contribution in [0.15, 0.2) is 29.6 Å². The smallest absolute Gasteiger partial charge is 0.272 e. The maximum absolute atomic E-state index is 12.7. The van der Waals surface area contributed by atoms with Gasteiger partial charge in [0.25, 0.3) is 5.91 Å². The largest absolute Gasteiger partial charge is 0.492 e. The maximum atomic E-state index is 12.7. The summed E-state index contributed by atoms with van der Waals surface area (Å²) < 4.78 is 11.5.